The predicted octanol–water partition coefficient (Wildman–Crippen LogP) is 4.06. The zero-order chi connectivity index (χ0) is 18.7. The fraction of sp³-hybridized carbons (Fsp3) is 0.375. The van der Waals surface area contributed by atoms with Crippen LogP contribution < -0.4 is 4.72 Å². The minimum absolute atomic E-state index is 0.000915. The van der Waals surface area contributed by atoms with Crippen LogP contribution in [0.25, 0.3) is 0 Å². The lowest BCUT2D eigenvalue weighted by atomic mass is 10.1. The quantitative estimate of drug-likeness (QED) is 0.713. The van der Waals surface area contributed by atoms with E-state index in [1.54, 1.807) is 6.07 Å². The first-order valence-corrected chi connectivity index (χ1v) is 11.3. The Bertz CT molecular complexity index is 867. The van der Waals surface area contributed by atoms with Gasteiger partial charge in [0, 0.05) is 30.7 Å². The molecule has 0 saturated carbocycles. The summed E-state index contributed by atoms with van der Waals surface area (Å²) in [6, 6.07) is 8.63. The third-order valence-corrected chi connectivity index (χ3v) is 7.51. The number of nitrogens with one attached hydrogen (secondary N) is 1. The molecule has 1 aliphatic rings. The molecule has 1 aromatic heterocycles. The van der Waals surface area contributed by atoms with E-state index in [0.29, 0.717) is 35.7 Å². The fourth-order valence-corrected chi connectivity index (χ4v) is 6.22. The highest BCUT2D eigenvalue weighted by Crippen LogP contribution is 2.34. The van der Waals surface area contributed by atoms with E-state index in [1.807, 2.05) is 18.2 Å². The largest absolute Gasteiger partial charge is 0.379 e. The molecule has 1 aliphatic heterocycles. The van der Waals surface area contributed by atoms with E-state index in [-0.39, 0.29) is 21.8 Å². The van der Waals surface area contributed by atoms with Crippen LogP contribution in [-0.2, 0) is 14.8 Å². The molecule has 5 nitrogen and oxygen atoms in total. The molecular formula is C16H17Cl3N2O3S2. The number of halogens is 3. The Hall–Kier alpha value is -0.380. The van der Waals surface area contributed by atoms with Crippen LogP contribution in [0.5, 0.6) is 0 Å². The van der Waals surface area contributed by atoms with E-state index < -0.39 is 10.0 Å². The number of hydrogen-bond acceptors (Lipinski definition) is 5. The van der Waals surface area contributed by atoms with E-state index in [1.165, 1.54) is 6.07 Å². The van der Waals surface area contributed by atoms with Crippen LogP contribution in [0.15, 0.2) is 35.2 Å². The van der Waals surface area contributed by atoms with Gasteiger partial charge in [-0.3, -0.25) is 4.90 Å². The number of morpholine rings is 1. The second kappa shape index (κ2) is 8.75. The number of thiophene rings is 1. The zero-order valence-electron chi connectivity index (χ0n) is 13.6. The van der Waals surface area contributed by atoms with Crippen molar-refractivity contribution in [3.05, 3.63) is 49.6 Å². The van der Waals surface area contributed by atoms with Gasteiger partial charge in [-0.25, -0.2) is 13.1 Å². The Kier molecular flexibility index (Phi) is 6.85. The SMILES string of the molecule is O=S(=O)(NCC(c1cccc(Cl)c1)N1CCOCC1)c1cc(Cl)sc1Cl. The second-order valence-electron chi connectivity index (χ2n) is 5.76. The predicted molar refractivity (Wildman–Crippen MR) is 106 cm³/mol. The maximum absolute atomic E-state index is 12.6. The molecule has 10 heteroatoms. The van der Waals surface area contributed by atoms with E-state index in [2.05, 4.69) is 9.62 Å². The normalized spacial score (nSPS) is 17.3. The van der Waals surface area contributed by atoms with Crippen molar-refractivity contribution in [1.82, 2.24) is 9.62 Å². The lowest BCUT2D eigenvalue weighted by molar-refractivity contribution is 0.0172. The van der Waals surface area contributed by atoms with E-state index >= 15 is 0 Å². The molecule has 26 heavy (non-hydrogen) atoms. The van der Waals surface area contributed by atoms with E-state index in [0.717, 1.165) is 16.9 Å². The molecule has 1 atom stereocenters. The van der Waals surface area contributed by atoms with Gasteiger partial charge in [0.1, 0.15) is 9.23 Å². The van der Waals surface area contributed by atoms with Gasteiger partial charge in [-0.1, -0.05) is 46.9 Å². The Morgan fingerprint density at radius 2 is 1.92 bits per heavy atom. The van der Waals surface area contributed by atoms with Gasteiger partial charge in [0.05, 0.1) is 17.6 Å². The third kappa shape index (κ3) is 4.91. The topological polar surface area (TPSA) is 58.6 Å². The summed E-state index contributed by atoms with van der Waals surface area (Å²) in [5.41, 5.74) is 0.941. The van der Waals surface area contributed by atoms with Crippen molar-refractivity contribution in [3.63, 3.8) is 0 Å². The van der Waals surface area contributed by atoms with Crippen LogP contribution in [0.1, 0.15) is 11.6 Å². The first-order chi connectivity index (χ1) is 12.4. The van der Waals surface area contributed by atoms with Crippen LogP contribution in [-0.4, -0.2) is 46.2 Å². The molecule has 0 bridgehead atoms. The molecule has 2 heterocycles. The molecule has 1 saturated heterocycles. The van der Waals surface area contributed by atoms with Crippen molar-refractivity contribution in [3.8, 4) is 0 Å². The highest BCUT2D eigenvalue weighted by atomic mass is 35.5. The Labute approximate surface area is 171 Å². The number of nitrogens with zero attached hydrogens (tertiary/aromatic N) is 1. The number of rotatable bonds is 6. The first-order valence-electron chi connectivity index (χ1n) is 7.88. The van der Waals surface area contributed by atoms with Crippen LogP contribution >= 0.6 is 46.1 Å². The van der Waals surface area contributed by atoms with Gasteiger partial charge in [0.2, 0.25) is 10.0 Å². The summed E-state index contributed by atoms with van der Waals surface area (Å²) >= 11 is 19.0. The summed E-state index contributed by atoms with van der Waals surface area (Å²) in [7, 11) is -3.77. The van der Waals surface area contributed by atoms with E-state index in [9.17, 15) is 8.42 Å². The lowest BCUT2D eigenvalue weighted by Gasteiger charge is -2.35. The highest BCUT2D eigenvalue weighted by Gasteiger charge is 2.27. The van der Waals surface area contributed by atoms with Crippen molar-refractivity contribution in [2.75, 3.05) is 32.8 Å². The summed E-state index contributed by atoms with van der Waals surface area (Å²) < 4.78 is 33.8. The maximum atomic E-state index is 12.6. The van der Waals surface area contributed by atoms with Gasteiger partial charge in [-0.05, 0) is 23.8 Å². The standard InChI is InChI=1S/C16H17Cl3N2O3S2/c17-12-3-1-2-11(8-12)13(21-4-6-24-7-5-21)10-20-26(22,23)14-9-15(18)25-16(14)19/h1-3,8-9,13,20H,4-7,10H2. The highest BCUT2D eigenvalue weighted by molar-refractivity contribution is 7.89. The number of ether oxygens (including phenoxy) is 1. The molecule has 2 aromatic rings. The van der Waals surface area contributed by atoms with Gasteiger partial charge in [-0.2, -0.15) is 0 Å². The molecule has 1 fully saturated rings. The van der Waals surface area contributed by atoms with Crippen LogP contribution in [0.4, 0.5) is 0 Å². The molecule has 3 rings (SSSR count). The van der Waals surface area contributed by atoms with Crippen LogP contribution in [0.3, 0.4) is 0 Å². The number of sulfonamides is 1. The Morgan fingerprint density at radius 1 is 1.19 bits per heavy atom. The summed E-state index contributed by atoms with van der Waals surface area (Å²) in [5.74, 6) is 0. The van der Waals surface area contributed by atoms with Gasteiger partial charge >= 0.3 is 0 Å². The molecule has 0 spiro atoms. The van der Waals surface area contributed by atoms with Crippen LogP contribution in [0.2, 0.25) is 13.7 Å². The molecule has 1 N–H and O–H groups in total. The van der Waals surface area contributed by atoms with Gasteiger partial charge < -0.3 is 4.74 Å². The third-order valence-electron chi connectivity index (χ3n) is 4.10. The molecule has 0 radical (unpaired) electrons. The zero-order valence-corrected chi connectivity index (χ0v) is 17.5. The molecule has 1 unspecified atom stereocenters. The van der Waals surface area contributed by atoms with Crippen molar-refractivity contribution in [2.45, 2.75) is 10.9 Å². The first kappa shape index (κ1) is 20.4. The monoisotopic (exact) mass is 454 g/mol. The van der Waals surface area contributed by atoms with Crippen molar-refractivity contribution in [2.24, 2.45) is 0 Å². The van der Waals surface area contributed by atoms with Gasteiger partial charge in [0.15, 0.2) is 0 Å². The minimum atomic E-state index is -3.77. The molecule has 0 amide bonds. The van der Waals surface area contributed by atoms with E-state index in [4.69, 9.17) is 39.5 Å². The molecule has 1 aromatic carbocycles. The maximum Gasteiger partial charge on any atom is 0.243 e. The number of benzene rings is 1. The Morgan fingerprint density at radius 3 is 2.54 bits per heavy atom. The molecule has 142 valence electrons. The Balaban J connectivity index is 1.82. The summed E-state index contributed by atoms with van der Waals surface area (Å²) in [5, 5.41) is 0.608. The smallest absolute Gasteiger partial charge is 0.243 e. The van der Waals surface area contributed by atoms with Gasteiger partial charge in [0.25, 0.3) is 0 Å². The lowest BCUT2D eigenvalue weighted by Crippen LogP contribution is -2.43. The minimum Gasteiger partial charge on any atom is -0.379 e. The average molecular weight is 456 g/mol. The average Bonchev–Trinajstić information content (AvgIpc) is 2.95. The molecule has 0 aliphatic carbocycles. The number of hydrogen-bond donors (Lipinski definition) is 1. The fourth-order valence-electron chi connectivity index (χ4n) is 2.84. The van der Waals surface area contributed by atoms with Crippen molar-refractivity contribution in [1.29, 1.82) is 0 Å². The van der Waals surface area contributed by atoms with Crippen LogP contribution in [0, 0.1) is 0 Å². The van der Waals surface area contributed by atoms with Crippen molar-refractivity contribution < 1.29 is 13.2 Å². The molecular weight excluding hydrogens is 439 g/mol. The summed E-state index contributed by atoms with van der Waals surface area (Å²) in [4.78, 5) is 2.18. The van der Waals surface area contributed by atoms with Gasteiger partial charge in [-0.15, -0.1) is 11.3 Å². The summed E-state index contributed by atoms with van der Waals surface area (Å²) in [6.07, 6.45) is 0. The van der Waals surface area contributed by atoms with Crippen molar-refractivity contribution >= 4 is 56.2 Å². The summed E-state index contributed by atoms with van der Waals surface area (Å²) in [6.45, 7) is 2.83. The second-order valence-corrected chi connectivity index (χ2v) is 10.2.